The van der Waals surface area contributed by atoms with Crippen molar-refractivity contribution in [2.24, 2.45) is 11.8 Å². The van der Waals surface area contributed by atoms with E-state index in [-0.39, 0.29) is 48.0 Å². The van der Waals surface area contributed by atoms with Crippen molar-refractivity contribution in [3.8, 4) is 0 Å². The largest absolute Gasteiger partial charge is 1.00 e. The van der Waals surface area contributed by atoms with Crippen LogP contribution in [0.4, 0.5) is 0 Å². The molecule has 1 N–H and O–H groups in total. The number of hydrogen-bond acceptors (Lipinski definition) is 3. The van der Waals surface area contributed by atoms with E-state index in [1.54, 1.807) is 0 Å². The zero-order chi connectivity index (χ0) is 17.2. The predicted molar refractivity (Wildman–Crippen MR) is 94.3 cm³/mol. The number of rotatable bonds is 10. The van der Waals surface area contributed by atoms with Crippen molar-refractivity contribution in [1.82, 2.24) is 0 Å². The number of carbonyl (C=O) groups excluding carboxylic acids is 1. The maximum absolute atomic E-state index is 10.7. The number of aliphatic carboxylic acids is 1. The monoisotopic (exact) mass is 354 g/mol. The van der Waals surface area contributed by atoms with Crippen molar-refractivity contribution in [2.45, 2.75) is 76.7 Å². The number of aliphatic hydroxyl groups excluding tert-OH is 1. The molecule has 1 aromatic carbocycles. The summed E-state index contributed by atoms with van der Waals surface area (Å²) >= 11 is 0. The molecule has 3 atom stereocenters. The van der Waals surface area contributed by atoms with Crippen LogP contribution in [0.15, 0.2) is 30.3 Å². The van der Waals surface area contributed by atoms with Crippen LogP contribution in [-0.4, -0.2) is 17.2 Å². The Kier molecular flexibility index (Phi) is 11.7. The number of unbranched alkanes of at least 4 members (excludes halogenated alkanes) is 1. The second-order valence-corrected chi connectivity index (χ2v) is 7.44. The van der Waals surface area contributed by atoms with Crippen molar-refractivity contribution in [3.63, 3.8) is 0 Å². The van der Waals surface area contributed by atoms with Gasteiger partial charge in [-0.25, -0.2) is 0 Å². The Morgan fingerprint density at radius 1 is 1.12 bits per heavy atom. The van der Waals surface area contributed by atoms with Crippen LogP contribution in [-0.2, 0) is 11.2 Å². The first-order valence-corrected chi connectivity index (χ1v) is 9.55. The number of aryl methyl sites for hydroxylation is 1. The molecule has 0 aromatic heterocycles. The summed E-state index contributed by atoms with van der Waals surface area (Å²) in [5.74, 6) is -0.0436. The molecule has 0 radical (unpaired) electrons. The fourth-order valence-corrected chi connectivity index (χ4v) is 4.01. The van der Waals surface area contributed by atoms with Gasteiger partial charge in [-0.3, -0.25) is 0 Å². The molecule has 0 spiro atoms. The number of carboxylic acids is 1. The molecule has 1 fully saturated rings. The first kappa shape index (κ1) is 22.7. The molecule has 0 saturated heterocycles. The number of carboxylic acid groups (broad SMARTS) is 1. The minimum absolute atomic E-state index is 0. The first-order valence-electron chi connectivity index (χ1n) is 9.55. The Bertz CT molecular complexity index is 477. The molecule has 134 valence electrons. The standard InChI is InChI=1S/C21H32O3.Na/c22-20(12-5-4-9-17-7-2-1-3-8-17)14-13-18-10-6-11-19(15-18)16-21(23)24;/h1-3,7-8,18-20,22H,4-6,9-16H2,(H,23,24);/q;+1/p-1/t18-,19-,20?;/m1./s1. The Balaban J connectivity index is 0.00000312. The molecular weight excluding hydrogens is 323 g/mol. The van der Waals surface area contributed by atoms with Gasteiger partial charge in [0.25, 0.3) is 0 Å². The van der Waals surface area contributed by atoms with Crippen molar-refractivity contribution in [2.75, 3.05) is 0 Å². The predicted octanol–water partition coefficient (Wildman–Crippen LogP) is 0.491. The van der Waals surface area contributed by atoms with Gasteiger partial charge in [0.1, 0.15) is 0 Å². The molecule has 0 aliphatic heterocycles. The Labute approximate surface area is 174 Å². The third kappa shape index (κ3) is 9.79. The van der Waals surface area contributed by atoms with Gasteiger partial charge in [-0.1, -0.05) is 56.0 Å². The number of hydrogen-bond donors (Lipinski definition) is 1. The zero-order valence-corrected chi connectivity index (χ0v) is 17.7. The van der Waals surface area contributed by atoms with Gasteiger partial charge in [0.2, 0.25) is 0 Å². The summed E-state index contributed by atoms with van der Waals surface area (Å²) in [4.78, 5) is 10.7. The summed E-state index contributed by atoms with van der Waals surface area (Å²) < 4.78 is 0. The quantitative estimate of drug-likeness (QED) is 0.491. The van der Waals surface area contributed by atoms with Crippen LogP contribution >= 0.6 is 0 Å². The van der Waals surface area contributed by atoms with Gasteiger partial charge in [-0.2, -0.15) is 0 Å². The van der Waals surface area contributed by atoms with Gasteiger partial charge < -0.3 is 15.0 Å². The van der Waals surface area contributed by atoms with E-state index in [0.29, 0.717) is 5.92 Å². The number of benzene rings is 1. The summed E-state index contributed by atoms with van der Waals surface area (Å²) in [5, 5.41) is 20.9. The SMILES string of the molecule is O=C([O-])C[C@@H]1CCC[C@H](CCC(O)CCCCc2ccccc2)C1.[Na+]. The summed E-state index contributed by atoms with van der Waals surface area (Å²) in [6.07, 6.45) is 10.4. The number of aliphatic hydroxyl groups is 1. The molecule has 3 nitrogen and oxygen atoms in total. The minimum atomic E-state index is -0.917. The van der Waals surface area contributed by atoms with Gasteiger partial charge in [0.15, 0.2) is 0 Å². The second kappa shape index (κ2) is 12.9. The van der Waals surface area contributed by atoms with E-state index in [9.17, 15) is 15.0 Å². The minimum Gasteiger partial charge on any atom is -0.550 e. The summed E-state index contributed by atoms with van der Waals surface area (Å²) in [6, 6.07) is 10.5. The van der Waals surface area contributed by atoms with Gasteiger partial charge in [-0.15, -0.1) is 0 Å². The summed E-state index contributed by atoms with van der Waals surface area (Å²) in [5.41, 5.74) is 1.37. The van der Waals surface area contributed by atoms with E-state index in [1.165, 1.54) is 12.0 Å². The molecule has 4 heteroatoms. The van der Waals surface area contributed by atoms with E-state index >= 15 is 0 Å². The normalized spacial score (nSPS) is 21.3. The molecule has 0 amide bonds. The maximum atomic E-state index is 10.7. The van der Waals surface area contributed by atoms with Crippen LogP contribution in [0, 0.1) is 11.8 Å². The molecule has 0 bridgehead atoms. The van der Waals surface area contributed by atoms with E-state index in [4.69, 9.17) is 0 Å². The Morgan fingerprint density at radius 3 is 2.56 bits per heavy atom. The Morgan fingerprint density at radius 2 is 1.84 bits per heavy atom. The molecule has 1 aliphatic rings. The van der Waals surface area contributed by atoms with Crippen molar-refractivity contribution in [3.05, 3.63) is 35.9 Å². The topological polar surface area (TPSA) is 60.4 Å². The van der Waals surface area contributed by atoms with E-state index < -0.39 is 5.97 Å². The van der Waals surface area contributed by atoms with Crippen LogP contribution < -0.4 is 34.7 Å². The molecular formula is C21H31NaO3. The molecule has 1 saturated carbocycles. The smallest absolute Gasteiger partial charge is 0.550 e. The molecule has 1 aromatic rings. The third-order valence-electron chi connectivity index (χ3n) is 5.35. The van der Waals surface area contributed by atoms with E-state index in [1.807, 2.05) is 6.07 Å². The number of carbonyl (C=O) groups is 1. The van der Waals surface area contributed by atoms with Gasteiger partial charge in [-0.05, 0) is 62.3 Å². The van der Waals surface area contributed by atoms with Crippen LogP contribution in [0.2, 0.25) is 0 Å². The maximum Gasteiger partial charge on any atom is 1.00 e. The van der Waals surface area contributed by atoms with Crippen molar-refractivity contribution >= 4 is 5.97 Å². The fourth-order valence-electron chi connectivity index (χ4n) is 4.01. The molecule has 1 aliphatic carbocycles. The van der Waals surface area contributed by atoms with E-state index in [2.05, 4.69) is 24.3 Å². The molecule has 25 heavy (non-hydrogen) atoms. The average Bonchev–Trinajstić information content (AvgIpc) is 2.58. The van der Waals surface area contributed by atoms with Gasteiger partial charge in [0.05, 0.1) is 6.10 Å². The van der Waals surface area contributed by atoms with Crippen molar-refractivity contribution in [1.29, 1.82) is 0 Å². The van der Waals surface area contributed by atoms with Crippen LogP contribution in [0.3, 0.4) is 0 Å². The second-order valence-electron chi connectivity index (χ2n) is 7.44. The summed E-state index contributed by atoms with van der Waals surface area (Å²) in [6.45, 7) is 0. The van der Waals surface area contributed by atoms with Crippen LogP contribution in [0.1, 0.15) is 69.8 Å². The first-order chi connectivity index (χ1) is 11.6. The fraction of sp³-hybridized carbons (Fsp3) is 0.667. The van der Waals surface area contributed by atoms with Crippen LogP contribution in [0.5, 0.6) is 0 Å². The Hall–Kier alpha value is -0.350. The van der Waals surface area contributed by atoms with E-state index in [0.717, 1.165) is 57.8 Å². The summed E-state index contributed by atoms with van der Waals surface area (Å²) in [7, 11) is 0. The van der Waals surface area contributed by atoms with Gasteiger partial charge in [0, 0.05) is 5.97 Å². The average molecular weight is 354 g/mol. The van der Waals surface area contributed by atoms with Gasteiger partial charge >= 0.3 is 29.6 Å². The van der Waals surface area contributed by atoms with Crippen LogP contribution in [0.25, 0.3) is 0 Å². The molecule has 1 unspecified atom stereocenters. The molecule has 0 heterocycles. The third-order valence-corrected chi connectivity index (χ3v) is 5.35. The van der Waals surface area contributed by atoms with Crippen molar-refractivity contribution < 1.29 is 44.6 Å². The zero-order valence-electron chi connectivity index (χ0n) is 15.7. The molecule has 2 rings (SSSR count).